The van der Waals surface area contributed by atoms with E-state index in [1.54, 1.807) is 0 Å². The van der Waals surface area contributed by atoms with E-state index in [-0.39, 0.29) is 5.91 Å². The topological polar surface area (TPSA) is 44.4 Å². The van der Waals surface area contributed by atoms with E-state index in [4.69, 9.17) is 0 Å². The molecule has 0 aliphatic carbocycles. The van der Waals surface area contributed by atoms with Crippen molar-refractivity contribution in [1.29, 1.82) is 0 Å². The first kappa shape index (κ1) is 16.0. The zero-order valence-electron chi connectivity index (χ0n) is 13.0. The fourth-order valence-electron chi connectivity index (χ4n) is 2.73. The quantitative estimate of drug-likeness (QED) is 0.752. The predicted octanol–water partition coefficient (Wildman–Crippen LogP) is 1.77. The standard InChI is InChI=1S/C17H27N3O/c1-2-10-18-13-17(21)19-16-8-11-20(12-9-16)14-15-6-4-3-5-7-15/h3-7,16,18H,2,8-14H2,1H3,(H,19,21). The number of hydrogen-bond acceptors (Lipinski definition) is 3. The summed E-state index contributed by atoms with van der Waals surface area (Å²) in [4.78, 5) is 14.2. The Kier molecular flexibility index (Phi) is 6.70. The molecule has 0 atom stereocenters. The number of nitrogens with zero attached hydrogens (tertiary/aromatic N) is 1. The van der Waals surface area contributed by atoms with Gasteiger partial charge in [0.15, 0.2) is 0 Å². The first-order chi connectivity index (χ1) is 10.3. The summed E-state index contributed by atoms with van der Waals surface area (Å²) in [6.45, 7) is 6.58. The summed E-state index contributed by atoms with van der Waals surface area (Å²) in [6.07, 6.45) is 3.16. The molecule has 0 spiro atoms. The van der Waals surface area contributed by atoms with Crippen molar-refractivity contribution in [2.24, 2.45) is 0 Å². The summed E-state index contributed by atoms with van der Waals surface area (Å²) < 4.78 is 0. The minimum atomic E-state index is 0.130. The normalized spacial score (nSPS) is 16.8. The van der Waals surface area contributed by atoms with Crippen LogP contribution in [0.15, 0.2) is 30.3 Å². The highest BCUT2D eigenvalue weighted by molar-refractivity contribution is 5.78. The minimum Gasteiger partial charge on any atom is -0.352 e. The van der Waals surface area contributed by atoms with Crippen molar-refractivity contribution in [3.05, 3.63) is 35.9 Å². The molecule has 1 aliphatic rings. The van der Waals surface area contributed by atoms with Crippen molar-refractivity contribution in [3.8, 4) is 0 Å². The van der Waals surface area contributed by atoms with Crippen molar-refractivity contribution in [3.63, 3.8) is 0 Å². The number of piperidine rings is 1. The van der Waals surface area contributed by atoms with E-state index in [0.29, 0.717) is 12.6 Å². The molecule has 21 heavy (non-hydrogen) atoms. The van der Waals surface area contributed by atoms with Crippen molar-refractivity contribution in [1.82, 2.24) is 15.5 Å². The van der Waals surface area contributed by atoms with Gasteiger partial charge in [0.1, 0.15) is 0 Å². The van der Waals surface area contributed by atoms with Crippen LogP contribution in [0.4, 0.5) is 0 Å². The molecule has 116 valence electrons. The lowest BCUT2D eigenvalue weighted by molar-refractivity contribution is -0.121. The Hall–Kier alpha value is -1.39. The monoisotopic (exact) mass is 289 g/mol. The lowest BCUT2D eigenvalue weighted by atomic mass is 10.0. The van der Waals surface area contributed by atoms with E-state index in [2.05, 4.69) is 52.8 Å². The highest BCUT2D eigenvalue weighted by atomic mass is 16.1. The molecule has 1 fully saturated rings. The predicted molar refractivity (Wildman–Crippen MR) is 86.0 cm³/mol. The van der Waals surface area contributed by atoms with Crippen LogP contribution in [0.1, 0.15) is 31.7 Å². The van der Waals surface area contributed by atoms with Gasteiger partial charge in [-0.3, -0.25) is 9.69 Å². The number of carbonyl (C=O) groups is 1. The fraction of sp³-hybridized carbons (Fsp3) is 0.588. The van der Waals surface area contributed by atoms with E-state index in [1.807, 2.05) is 0 Å². The molecule has 4 nitrogen and oxygen atoms in total. The molecular weight excluding hydrogens is 262 g/mol. The second-order valence-corrected chi connectivity index (χ2v) is 5.78. The maximum absolute atomic E-state index is 11.8. The van der Waals surface area contributed by atoms with Gasteiger partial charge in [0.05, 0.1) is 6.54 Å². The molecule has 0 saturated carbocycles. The lowest BCUT2D eigenvalue weighted by Crippen LogP contribution is -2.46. The summed E-state index contributed by atoms with van der Waals surface area (Å²) >= 11 is 0. The van der Waals surface area contributed by atoms with Crippen LogP contribution in [0.25, 0.3) is 0 Å². The number of likely N-dealkylation sites (tertiary alicyclic amines) is 1. The fourth-order valence-corrected chi connectivity index (χ4v) is 2.73. The number of amides is 1. The average Bonchev–Trinajstić information content (AvgIpc) is 2.51. The van der Waals surface area contributed by atoms with Gasteiger partial charge in [-0.25, -0.2) is 0 Å². The van der Waals surface area contributed by atoms with Crippen molar-refractivity contribution in [2.45, 2.75) is 38.8 Å². The summed E-state index contributed by atoms with van der Waals surface area (Å²) in [5.74, 6) is 0.130. The highest BCUT2D eigenvalue weighted by Gasteiger charge is 2.20. The Bertz CT molecular complexity index is 413. The van der Waals surface area contributed by atoms with Gasteiger partial charge in [0, 0.05) is 25.7 Å². The van der Waals surface area contributed by atoms with E-state index < -0.39 is 0 Å². The second kappa shape index (κ2) is 8.80. The van der Waals surface area contributed by atoms with Gasteiger partial charge in [-0.15, -0.1) is 0 Å². The van der Waals surface area contributed by atoms with E-state index in [1.165, 1.54) is 5.56 Å². The third-order valence-electron chi connectivity index (χ3n) is 3.91. The molecule has 0 radical (unpaired) electrons. The molecule has 4 heteroatoms. The molecule has 2 rings (SSSR count). The van der Waals surface area contributed by atoms with Crippen molar-refractivity contribution in [2.75, 3.05) is 26.2 Å². The minimum absolute atomic E-state index is 0.130. The maximum atomic E-state index is 11.8. The van der Waals surface area contributed by atoms with Gasteiger partial charge < -0.3 is 10.6 Å². The molecule has 1 amide bonds. The summed E-state index contributed by atoms with van der Waals surface area (Å²) in [7, 11) is 0. The van der Waals surface area contributed by atoms with Crippen LogP contribution in [-0.4, -0.2) is 43.0 Å². The number of benzene rings is 1. The van der Waals surface area contributed by atoms with Gasteiger partial charge in [-0.05, 0) is 31.4 Å². The highest BCUT2D eigenvalue weighted by Crippen LogP contribution is 2.13. The molecule has 1 saturated heterocycles. The van der Waals surface area contributed by atoms with Gasteiger partial charge in [-0.1, -0.05) is 37.3 Å². The van der Waals surface area contributed by atoms with Crippen molar-refractivity contribution < 1.29 is 4.79 Å². The van der Waals surface area contributed by atoms with E-state index >= 15 is 0 Å². The van der Waals surface area contributed by atoms with Crippen LogP contribution >= 0.6 is 0 Å². The zero-order chi connectivity index (χ0) is 14.9. The molecule has 1 aliphatic heterocycles. The molecule has 2 N–H and O–H groups in total. The Morgan fingerprint density at radius 3 is 2.62 bits per heavy atom. The average molecular weight is 289 g/mol. The lowest BCUT2D eigenvalue weighted by Gasteiger charge is -2.32. The van der Waals surface area contributed by atoms with Crippen LogP contribution in [0.3, 0.4) is 0 Å². The van der Waals surface area contributed by atoms with E-state index in [9.17, 15) is 4.79 Å². The number of carbonyl (C=O) groups excluding carboxylic acids is 1. The molecule has 0 unspecified atom stereocenters. The first-order valence-corrected chi connectivity index (χ1v) is 8.04. The smallest absolute Gasteiger partial charge is 0.234 e. The number of hydrogen-bond donors (Lipinski definition) is 2. The molecular formula is C17H27N3O. The molecule has 1 aromatic carbocycles. The van der Waals surface area contributed by atoms with Crippen LogP contribution in [0, 0.1) is 0 Å². The zero-order valence-corrected chi connectivity index (χ0v) is 13.0. The van der Waals surface area contributed by atoms with Crippen LogP contribution < -0.4 is 10.6 Å². The number of nitrogens with one attached hydrogen (secondary N) is 2. The SMILES string of the molecule is CCCNCC(=O)NC1CCN(Cc2ccccc2)CC1. The number of rotatable bonds is 7. The Morgan fingerprint density at radius 1 is 1.24 bits per heavy atom. The van der Waals surface area contributed by atoms with E-state index in [0.717, 1.165) is 45.4 Å². The summed E-state index contributed by atoms with van der Waals surface area (Å²) in [5, 5.41) is 6.28. The van der Waals surface area contributed by atoms with Crippen LogP contribution in [-0.2, 0) is 11.3 Å². The Morgan fingerprint density at radius 2 is 1.95 bits per heavy atom. The van der Waals surface area contributed by atoms with Crippen molar-refractivity contribution >= 4 is 5.91 Å². The maximum Gasteiger partial charge on any atom is 0.234 e. The van der Waals surface area contributed by atoms with Gasteiger partial charge in [0.25, 0.3) is 0 Å². The summed E-state index contributed by atoms with van der Waals surface area (Å²) in [5.41, 5.74) is 1.36. The Balaban J connectivity index is 1.65. The van der Waals surface area contributed by atoms with Gasteiger partial charge >= 0.3 is 0 Å². The second-order valence-electron chi connectivity index (χ2n) is 5.78. The third kappa shape index (κ3) is 5.86. The first-order valence-electron chi connectivity index (χ1n) is 8.04. The van der Waals surface area contributed by atoms with Crippen LogP contribution in [0.2, 0.25) is 0 Å². The van der Waals surface area contributed by atoms with Crippen LogP contribution in [0.5, 0.6) is 0 Å². The molecule has 0 aromatic heterocycles. The van der Waals surface area contributed by atoms with Gasteiger partial charge in [0.2, 0.25) is 5.91 Å². The molecule has 1 aromatic rings. The summed E-state index contributed by atoms with van der Waals surface area (Å²) in [6, 6.07) is 10.9. The largest absolute Gasteiger partial charge is 0.352 e. The van der Waals surface area contributed by atoms with Gasteiger partial charge in [-0.2, -0.15) is 0 Å². The Labute approximate surface area is 127 Å². The molecule has 0 bridgehead atoms. The third-order valence-corrected chi connectivity index (χ3v) is 3.91. The molecule has 1 heterocycles.